The predicted octanol–water partition coefficient (Wildman–Crippen LogP) is 6.61. The fraction of sp³-hybridized carbons (Fsp3) is 0.0870. The van der Waals surface area contributed by atoms with Gasteiger partial charge in [-0.2, -0.15) is 23.0 Å². The summed E-state index contributed by atoms with van der Waals surface area (Å²) in [6.45, 7) is 0. The first-order valence-electron chi connectivity index (χ1n) is 9.39. The Labute approximate surface area is 198 Å². The zero-order chi connectivity index (χ0) is 23.9. The molecule has 0 atom stereocenters. The molecule has 0 aliphatic heterocycles. The highest BCUT2D eigenvalue weighted by molar-refractivity contribution is 9.10. The molecule has 0 N–H and O–H groups in total. The number of nitrogens with zero attached hydrogens (tertiary/aromatic N) is 2. The molecule has 0 unspecified atom stereocenters. The second kappa shape index (κ2) is 8.64. The van der Waals surface area contributed by atoms with Gasteiger partial charge in [0.05, 0.1) is 34.3 Å². The van der Waals surface area contributed by atoms with Crippen molar-refractivity contribution in [2.45, 2.75) is 6.18 Å². The van der Waals surface area contributed by atoms with Crippen molar-refractivity contribution in [3.8, 4) is 11.3 Å². The molecule has 0 bridgehead atoms. The highest BCUT2D eigenvalue weighted by Crippen LogP contribution is 2.37. The Hall–Kier alpha value is -3.17. The van der Waals surface area contributed by atoms with Crippen LogP contribution in [0.25, 0.3) is 22.2 Å². The van der Waals surface area contributed by atoms with Crippen molar-refractivity contribution in [3.63, 3.8) is 0 Å². The molecule has 4 aromatic rings. The summed E-state index contributed by atoms with van der Waals surface area (Å²) in [6, 6.07) is 14.4. The standard InChI is InChI=1S/C23H13BrClF3N2O3/c1-33-22(32)13-7-5-12(6-8-13)20-15-10-9-14(24)11-18(15)30(29-20)21(31)19-16(23(26,27)28)3-2-4-17(19)25/h2-11H,1H3. The van der Waals surface area contributed by atoms with Gasteiger partial charge in [-0.1, -0.05) is 45.7 Å². The highest BCUT2D eigenvalue weighted by Gasteiger charge is 2.37. The van der Waals surface area contributed by atoms with Gasteiger partial charge >= 0.3 is 12.1 Å². The van der Waals surface area contributed by atoms with Crippen LogP contribution in [0.4, 0.5) is 13.2 Å². The summed E-state index contributed by atoms with van der Waals surface area (Å²) in [5.74, 6) is -1.54. The molecule has 0 saturated carbocycles. The minimum absolute atomic E-state index is 0.287. The van der Waals surface area contributed by atoms with E-state index < -0.39 is 29.2 Å². The number of alkyl halides is 3. The van der Waals surface area contributed by atoms with E-state index in [1.165, 1.54) is 25.3 Å². The molecule has 10 heteroatoms. The molecule has 3 aromatic carbocycles. The summed E-state index contributed by atoms with van der Waals surface area (Å²) in [4.78, 5) is 25.0. The summed E-state index contributed by atoms with van der Waals surface area (Å²) in [5, 5.41) is 4.53. The summed E-state index contributed by atoms with van der Waals surface area (Å²) < 4.78 is 47.0. The van der Waals surface area contributed by atoms with Crippen molar-refractivity contribution in [1.29, 1.82) is 0 Å². The molecule has 4 rings (SSSR count). The minimum atomic E-state index is -4.79. The molecule has 5 nitrogen and oxygen atoms in total. The van der Waals surface area contributed by atoms with Crippen LogP contribution in [-0.2, 0) is 10.9 Å². The van der Waals surface area contributed by atoms with Crippen LogP contribution in [-0.4, -0.2) is 28.8 Å². The second-order valence-corrected chi connectivity index (χ2v) is 8.28. The third kappa shape index (κ3) is 4.26. The topological polar surface area (TPSA) is 61.2 Å². The van der Waals surface area contributed by atoms with Crippen LogP contribution in [0, 0.1) is 0 Å². The Morgan fingerprint density at radius 1 is 1.06 bits per heavy atom. The van der Waals surface area contributed by atoms with E-state index in [2.05, 4.69) is 25.8 Å². The molecule has 1 heterocycles. The van der Waals surface area contributed by atoms with E-state index in [4.69, 9.17) is 11.6 Å². The molecule has 0 fully saturated rings. The average Bonchev–Trinajstić information content (AvgIpc) is 3.16. The SMILES string of the molecule is COC(=O)c1ccc(-c2nn(C(=O)c3c(Cl)cccc3C(F)(F)F)c3cc(Br)ccc23)cc1. The van der Waals surface area contributed by atoms with Gasteiger partial charge in [-0.15, -0.1) is 0 Å². The molecule has 0 aliphatic carbocycles. The van der Waals surface area contributed by atoms with Gasteiger partial charge in [0.15, 0.2) is 0 Å². The highest BCUT2D eigenvalue weighted by atomic mass is 79.9. The number of carbonyl (C=O) groups is 2. The first kappa shape index (κ1) is 23.0. The van der Waals surface area contributed by atoms with Gasteiger partial charge in [0.2, 0.25) is 0 Å². The molecular formula is C23H13BrClF3N2O3. The maximum atomic E-state index is 13.6. The van der Waals surface area contributed by atoms with E-state index in [1.807, 2.05) is 0 Å². The normalized spacial score (nSPS) is 11.6. The Morgan fingerprint density at radius 2 is 1.76 bits per heavy atom. The predicted molar refractivity (Wildman–Crippen MR) is 120 cm³/mol. The number of hydrogen-bond donors (Lipinski definition) is 0. The third-order valence-electron chi connectivity index (χ3n) is 4.95. The molecule has 0 aliphatic rings. The quantitative estimate of drug-likeness (QED) is 0.276. The van der Waals surface area contributed by atoms with Crippen LogP contribution >= 0.6 is 27.5 Å². The van der Waals surface area contributed by atoms with Crippen molar-refractivity contribution in [2.24, 2.45) is 0 Å². The number of aromatic nitrogens is 2. The smallest absolute Gasteiger partial charge is 0.417 e. The summed E-state index contributed by atoms with van der Waals surface area (Å²) in [6.07, 6.45) is -4.79. The molecule has 168 valence electrons. The summed E-state index contributed by atoms with van der Waals surface area (Å²) >= 11 is 9.35. The van der Waals surface area contributed by atoms with E-state index in [0.29, 0.717) is 26.7 Å². The van der Waals surface area contributed by atoms with Crippen LogP contribution in [0.5, 0.6) is 0 Å². The van der Waals surface area contributed by atoms with Gasteiger partial charge < -0.3 is 4.74 Å². The van der Waals surface area contributed by atoms with Crippen molar-refractivity contribution in [1.82, 2.24) is 9.78 Å². The largest absolute Gasteiger partial charge is 0.465 e. The van der Waals surface area contributed by atoms with E-state index in [9.17, 15) is 22.8 Å². The number of esters is 1. The van der Waals surface area contributed by atoms with Crippen LogP contribution < -0.4 is 0 Å². The zero-order valence-corrected chi connectivity index (χ0v) is 19.1. The van der Waals surface area contributed by atoms with Gasteiger partial charge in [-0.25, -0.2) is 4.79 Å². The lowest BCUT2D eigenvalue weighted by molar-refractivity contribution is -0.137. The molecule has 33 heavy (non-hydrogen) atoms. The van der Waals surface area contributed by atoms with Gasteiger partial charge in [0.25, 0.3) is 5.91 Å². The third-order valence-corrected chi connectivity index (χ3v) is 5.76. The zero-order valence-electron chi connectivity index (χ0n) is 16.8. The Bertz CT molecular complexity index is 1400. The first-order valence-corrected chi connectivity index (χ1v) is 10.6. The lowest BCUT2D eigenvalue weighted by Crippen LogP contribution is -2.20. The number of carbonyl (C=O) groups excluding carboxylic acids is 2. The Balaban J connectivity index is 1.92. The van der Waals surface area contributed by atoms with Crippen molar-refractivity contribution >= 4 is 50.3 Å². The maximum absolute atomic E-state index is 13.6. The summed E-state index contributed by atoms with van der Waals surface area (Å²) in [5.41, 5.74) is -0.338. The van der Waals surface area contributed by atoms with Crippen molar-refractivity contribution in [2.75, 3.05) is 7.11 Å². The molecule has 0 spiro atoms. The van der Waals surface area contributed by atoms with E-state index in [1.54, 1.807) is 30.3 Å². The monoisotopic (exact) mass is 536 g/mol. The molecule has 0 amide bonds. The van der Waals surface area contributed by atoms with Crippen LogP contribution in [0.1, 0.15) is 26.3 Å². The van der Waals surface area contributed by atoms with Gasteiger partial charge in [0, 0.05) is 15.4 Å². The fourth-order valence-electron chi connectivity index (χ4n) is 3.42. The number of halogens is 5. The van der Waals surface area contributed by atoms with Crippen molar-refractivity contribution < 1.29 is 27.5 Å². The number of hydrogen-bond acceptors (Lipinski definition) is 4. The Kier molecular flexibility index (Phi) is 6.02. The molecule has 1 aromatic heterocycles. The summed E-state index contributed by atoms with van der Waals surface area (Å²) in [7, 11) is 1.26. The number of methoxy groups -OCH3 is 1. The van der Waals surface area contributed by atoms with E-state index in [-0.39, 0.29) is 10.5 Å². The van der Waals surface area contributed by atoms with Crippen LogP contribution in [0.3, 0.4) is 0 Å². The molecular weight excluding hydrogens is 525 g/mol. The van der Waals surface area contributed by atoms with Gasteiger partial charge in [-0.05, 0) is 42.5 Å². The maximum Gasteiger partial charge on any atom is 0.417 e. The van der Waals surface area contributed by atoms with E-state index in [0.717, 1.165) is 16.8 Å². The number of benzene rings is 3. The van der Waals surface area contributed by atoms with E-state index >= 15 is 0 Å². The van der Waals surface area contributed by atoms with Crippen molar-refractivity contribution in [3.05, 3.63) is 86.8 Å². The van der Waals surface area contributed by atoms with Crippen LogP contribution in [0.2, 0.25) is 5.02 Å². The lowest BCUT2D eigenvalue weighted by Gasteiger charge is -2.13. The fourth-order valence-corrected chi connectivity index (χ4v) is 4.03. The number of fused-ring (bicyclic) bond motifs is 1. The number of rotatable bonds is 3. The number of ether oxygens (including phenoxy) is 1. The average molecular weight is 538 g/mol. The second-order valence-electron chi connectivity index (χ2n) is 6.96. The van der Waals surface area contributed by atoms with Gasteiger partial charge in [-0.3, -0.25) is 4.79 Å². The minimum Gasteiger partial charge on any atom is -0.465 e. The van der Waals surface area contributed by atoms with Gasteiger partial charge in [0.1, 0.15) is 5.69 Å². The lowest BCUT2D eigenvalue weighted by atomic mass is 10.1. The Morgan fingerprint density at radius 3 is 2.39 bits per heavy atom. The first-order chi connectivity index (χ1) is 15.6. The molecule has 0 saturated heterocycles. The molecule has 0 radical (unpaired) electrons. The van der Waals surface area contributed by atoms with Crippen LogP contribution in [0.15, 0.2) is 65.1 Å².